The minimum absolute atomic E-state index is 0.816. The van der Waals surface area contributed by atoms with E-state index in [1.807, 2.05) is 13.0 Å². The molecule has 0 saturated carbocycles. The quantitative estimate of drug-likeness (QED) is 0.771. The zero-order chi connectivity index (χ0) is 11.3. The van der Waals surface area contributed by atoms with Crippen molar-refractivity contribution in [1.29, 1.82) is 0 Å². The second kappa shape index (κ2) is 6.05. The van der Waals surface area contributed by atoms with Crippen LogP contribution >= 0.6 is 15.9 Å². The van der Waals surface area contributed by atoms with Gasteiger partial charge in [-0.05, 0) is 35.7 Å². The summed E-state index contributed by atoms with van der Waals surface area (Å²) in [5.41, 5.74) is 0. The molecular weight excluding hydrogens is 254 g/mol. The highest BCUT2D eigenvalue weighted by atomic mass is 79.9. The Morgan fingerprint density at radius 3 is 2.27 bits per heavy atom. The lowest BCUT2D eigenvalue weighted by Gasteiger charge is -2.22. The van der Waals surface area contributed by atoms with Gasteiger partial charge in [0.1, 0.15) is 16.2 Å². The van der Waals surface area contributed by atoms with E-state index in [0.29, 0.717) is 0 Å². The first-order valence-corrected chi connectivity index (χ1v) is 6.22. The fourth-order valence-corrected chi connectivity index (χ4v) is 2.02. The van der Waals surface area contributed by atoms with Crippen molar-refractivity contribution < 1.29 is 0 Å². The third-order valence-corrected chi connectivity index (χ3v) is 2.51. The van der Waals surface area contributed by atoms with Crippen molar-refractivity contribution in [2.45, 2.75) is 33.6 Å². The molecule has 1 heterocycles. The molecule has 0 radical (unpaired) electrons. The topological polar surface area (TPSA) is 29.0 Å². The lowest BCUT2D eigenvalue weighted by molar-refractivity contribution is 0.729. The number of aromatic nitrogens is 2. The molecule has 4 heteroatoms. The van der Waals surface area contributed by atoms with Gasteiger partial charge in [-0.25, -0.2) is 9.97 Å². The maximum Gasteiger partial charge on any atom is 0.133 e. The Bertz CT molecular complexity index is 288. The van der Waals surface area contributed by atoms with Gasteiger partial charge in [-0.15, -0.1) is 0 Å². The molecule has 15 heavy (non-hydrogen) atoms. The van der Waals surface area contributed by atoms with Crippen LogP contribution in [0.4, 0.5) is 5.82 Å². The molecule has 0 amide bonds. The standard InChI is InChI=1S/C11H18BrN3/c1-4-6-15(7-5-2)11-8-10(12)13-9(3)14-11/h8H,4-7H2,1-3H3. The van der Waals surface area contributed by atoms with E-state index in [0.717, 1.165) is 42.2 Å². The van der Waals surface area contributed by atoms with Crippen molar-refractivity contribution in [3.8, 4) is 0 Å². The van der Waals surface area contributed by atoms with E-state index in [4.69, 9.17) is 0 Å². The van der Waals surface area contributed by atoms with Crippen molar-refractivity contribution >= 4 is 21.7 Å². The van der Waals surface area contributed by atoms with Gasteiger partial charge in [-0.1, -0.05) is 13.8 Å². The first kappa shape index (κ1) is 12.4. The van der Waals surface area contributed by atoms with E-state index >= 15 is 0 Å². The Morgan fingerprint density at radius 1 is 1.20 bits per heavy atom. The van der Waals surface area contributed by atoms with Crippen LogP contribution in [0.15, 0.2) is 10.7 Å². The van der Waals surface area contributed by atoms with Crippen molar-refractivity contribution in [1.82, 2.24) is 9.97 Å². The summed E-state index contributed by atoms with van der Waals surface area (Å²) >= 11 is 3.41. The SMILES string of the molecule is CCCN(CCC)c1cc(Br)nc(C)n1. The average molecular weight is 272 g/mol. The molecule has 0 bridgehead atoms. The molecule has 3 nitrogen and oxygen atoms in total. The van der Waals surface area contributed by atoms with Gasteiger partial charge in [0.05, 0.1) is 0 Å². The molecule has 0 aliphatic carbocycles. The summed E-state index contributed by atoms with van der Waals surface area (Å²) in [4.78, 5) is 11.0. The van der Waals surface area contributed by atoms with Crippen LogP contribution < -0.4 is 4.90 Å². The summed E-state index contributed by atoms with van der Waals surface area (Å²) in [5, 5.41) is 0. The largest absolute Gasteiger partial charge is 0.357 e. The summed E-state index contributed by atoms with van der Waals surface area (Å²) in [6, 6.07) is 1.98. The Balaban J connectivity index is 2.88. The molecule has 0 spiro atoms. The minimum atomic E-state index is 0.816. The predicted molar refractivity (Wildman–Crippen MR) is 67.3 cm³/mol. The molecule has 0 aliphatic rings. The number of hydrogen-bond donors (Lipinski definition) is 0. The summed E-state index contributed by atoms with van der Waals surface area (Å²) in [5.74, 6) is 1.84. The second-order valence-corrected chi connectivity index (χ2v) is 4.40. The van der Waals surface area contributed by atoms with Gasteiger partial charge in [-0.2, -0.15) is 0 Å². The van der Waals surface area contributed by atoms with Gasteiger partial charge in [0.25, 0.3) is 0 Å². The van der Waals surface area contributed by atoms with Crippen LogP contribution in [-0.2, 0) is 0 Å². The Hall–Kier alpha value is -0.640. The molecule has 1 aromatic rings. The number of rotatable bonds is 5. The second-order valence-electron chi connectivity index (χ2n) is 3.58. The first-order chi connectivity index (χ1) is 7.17. The number of aryl methyl sites for hydroxylation is 1. The smallest absolute Gasteiger partial charge is 0.133 e. The monoisotopic (exact) mass is 271 g/mol. The van der Waals surface area contributed by atoms with Crippen molar-refractivity contribution in [3.05, 3.63) is 16.5 Å². The number of nitrogens with zero attached hydrogens (tertiary/aromatic N) is 3. The highest BCUT2D eigenvalue weighted by Crippen LogP contribution is 2.16. The van der Waals surface area contributed by atoms with E-state index in [-0.39, 0.29) is 0 Å². The maximum atomic E-state index is 4.46. The van der Waals surface area contributed by atoms with Gasteiger partial charge in [0.15, 0.2) is 0 Å². The van der Waals surface area contributed by atoms with Crippen LogP contribution in [0.5, 0.6) is 0 Å². The molecular formula is C11H18BrN3. The minimum Gasteiger partial charge on any atom is -0.357 e. The number of hydrogen-bond acceptors (Lipinski definition) is 3. The van der Waals surface area contributed by atoms with Crippen LogP contribution in [-0.4, -0.2) is 23.1 Å². The summed E-state index contributed by atoms with van der Waals surface area (Å²) in [6.45, 7) is 8.40. The lowest BCUT2D eigenvalue weighted by atomic mass is 10.3. The van der Waals surface area contributed by atoms with Gasteiger partial charge >= 0.3 is 0 Å². The normalized spacial score (nSPS) is 10.4. The molecule has 0 saturated heterocycles. The summed E-state index contributed by atoms with van der Waals surface area (Å²) in [7, 11) is 0. The molecule has 1 aromatic heterocycles. The molecule has 0 N–H and O–H groups in total. The van der Waals surface area contributed by atoms with Crippen LogP contribution in [0.1, 0.15) is 32.5 Å². The molecule has 1 rings (SSSR count). The van der Waals surface area contributed by atoms with Gasteiger partial charge in [-0.3, -0.25) is 0 Å². The Labute approximate surface area is 100 Å². The summed E-state index contributed by atoms with van der Waals surface area (Å²) < 4.78 is 0.863. The van der Waals surface area contributed by atoms with E-state index in [1.54, 1.807) is 0 Å². The van der Waals surface area contributed by atoms with Gasteiger partial charge in [0, 0.05) is 19.2 Å². The van der Waals surface area contributed by atoms with Crippen molar-refractivity contribution in [3.63, 3.8) is 0 Å². The third-order valence-electron chi connectivity index (χ3n) is 2.10. The van der Waals surface area contributed by atoms with Crippen molar-refractivity contribution in [2.75, 3.05) is 18.0 Å². The fraction of sp³-hybridized carbons (Fsp3) is 0.636. The fourth-order valence-electron chi connectivity index (χ4n) is 1.56. The number of halogens is 1. The van der Waals surface area contributed by atoms with Crippen LogP contribution in [0.2, 0.25) is 0 Å². The predicted octanol–water partition coefficient (Wildman–Crippen LogP) is 3.17. The van der Waals surface area contributed by atoms with E-state index in [2.05, 4.69) is 44.6 Å². The van der Waals surface area contributed by atoms with E-state index < -0.39 is 0 Å². The highest BCUT2D eigenvalue weighted by molar-refractivity contribution is 9.10. The lowest BCUT2D eigenvalue weighted by Crippen LogP contribution is -2.26. The van der Waals surface area contributed by atoms with Crippen LogP contribution in [0.3, 0.4) is 0 Å². The molecule has 84 valence electrons. The van der Waals surface area contributed by atoms with Gasteiger partial charge < -0.3 is 4.90 Å². The van der Waals surface area contributed by atoms with E-state index in [1.165, 1.54) is 0 Å². The molecule has 0 atom stereocenters. The molecule has 0 unspecified atom stereocenters. The average Bonchev–Trinajstić information content (AvgIpc) is 2.16. The molecule has 0 aromatic carbocycles. The number of anilines is 1. The highest BCUT2D eigenvalue weighted by Gasteiger charge is 2.07. The van der Waals surface area contributed by atoms with Gasteiger partial charge in [0.2, 0.25) is 0 Å². The zero-order valence-corrected chi connectivity index (χ0v) is 11.2. The van der Waals surface area contributed by atoms with Crippen LogP contribution in [0.25, 0.3) is 0 Å². The zero-order valence-electron chi connectivity index (χ0n) is 9.63. The van der Waals surface area contributed by atoms with Crippen molar-refractivity contribution in [2.24, 2.45) is 0 Å². The third kappa shape index (κ3) is 3.78. The molecule has 0 aliphatic heterocycles. The Morgan fingerprint density at radius 2 is 1.80 bits per heavy atom. The summed E-state index contributed by atoms with van der Waals surface area (Å²) in [6.07, 6.45) is 2.28. The maximum absolute atomic E-state index is 4.46. The van der Waals surface area contributed by atoms with E-state index in [9.17, 15) is 0 Å². The van der Waals surface area contributed by atoms with Crippen LogP contribution in [0, 0.1) is 6.92 Å². The Kier molecular flexibility index (Phi) is 5.02. The first-order valence-electron chi connectivity index (χ1n) is 5.43. The molecule has 0 fully saturated rings.